The van der Waals surface area contributed by atoms with E-state index in [2.05, 4.69) is 37.3 Å². The second kappa shape index (κ2) is 8.46. The van der Waals surface area contributed by atoms with E-state index >= 15 is 0 Å². The van der Waals surface area contributed by atoms with Gasteiger partial charge in [-0.3, -0.25) is 9.69 Å². The largest absolute Gasteiger partial charge is 0.480 e. The number of nitrogens with zero attached hydrogens (tertiary/aromatic N) is 1. The van der Waals surface area contributed by atoms with Crippen molar-refractivity contribution in [1.82, 2.24) is 4.90 Å². The number of ether oxygens (including phenoxy) is 1. The highest BCUT2D eigenvalue weighted by Gasteiger charge is 2.48. The molecular weight excluding hydrogens is 410 g/mol. The standard InChI is InChI=1S/C26H26ClNO3/c1-17-6-4-5-7-23(17)19-8-13-24-20(14-19)16-31-26(24,18(2)28(3)15-25(29)30)21-9-11-22(27)12-10-21/h4-14,18H,15-16H2,1-3H3,(H,29,30). The van der Waals surface area contributed by atoms with E-state index in [1.807, 2.05) is 55.3 Å². The Morgan fingerprint density at radius 1 is 1.16 bits per heavy atom. The van der Waals surface area contributed by atoms with E-state index < -0.39 is 11.6 Å². The number of carboxylic acid groups (broad SMARTS) is 1. The maximum Gasteiger partial charge on any atom is 0.317 e. The molecule has 0 bridgehead atoms. The molecule has 1 N–H and O–H groups in total. The Balaban J connectivity index is 1.84. The van der Waals surface area contributed by atoms with Crippen molar-refractivity contribution in [2.45, 2.75) is 32.1 Å². The highest BCUT2D eigenvalue weighted by molar-refractivity contribution is 6.30. The summed E-state index contributed by atoms with van der Waals surface area (Å²) in [5.74, 6) is -0.867. The first-order valence-corrected chi connectivity index (χ1v) is 10.7. The van der Waals surface area contributed by atoms with E-state index in [1.165, 1.54) is 11.1 Å². The number of aliphatic carboxylic acids is 1. The number of halogens is 1. The van der Waals surface area contributed by atoms with Crippen LogP contribution in [0.25, 0.3) is 11.1 Å². The van der Waals surface area contributed by atoms with Crippen molar-refractivity contribution in [3.63, 3.8) is 0 Å². The van der Waals surface area contributed by atoms with E-state index in [-0.39, 0.29) is 12.6 Å². The second-order valence-electron chi connectivity index (χ2n) is 8.20. The van der Waals surface area contributed by atoms with Crippen molar-refractivity contribution in [1.29, 1.82) is 0 Å². The van der Waals surface area contributed by atoms with Gasteiger partial charge in [-0.2, -0.15) is 0 Å². The van der Waals surface area contributed by atoms with Gasteiger partial charge < -0.3 is 9.84 Å². The number of rotatable bonds is 6. The number of hydrogen-bond acceptors (Lipinski definition) is 3. The topological polar surface area (TPSA) is 49.8 Å². The Kier molecular flexibility index (Phi) is 5.89. The minimum atomic E-state index is -0.867. The van der Waals surface area contributed by atoms with Crippen LogP contribution in [0.5, 0.6) is 0 Å². The molecule has 0 saturated carbocycles. The van der Waals surface area contributed by atoms with Crippen LogP contribution < -0.4 is 0 Å². The fraction of sp³-hybridized carbons (Fsp3) is 0.269. The lowest BCUT2D eigenvalue weighted by atomic mass is 9.79. The van der Waals surface area contributed by atoms with Gasteiger partial charge in [0.05, 0.1) is 13.2 Å². The predicted octanol–water partition coefficient (Wildman–Crippen LogP) is 5.49. The lowest BCUT2D eigenvalue weighted by Gasteiger charge is -2.40. The Morgan fingerprint density at radius 2 is 1.87 bits per heavy atom. The van der Waals surface area contributed by atoms with Gasteiger partial charge in [0, 0.05) is 11.1 Å². The van der Waals surface area contributed by atoms with Gasteiger partial charge in [-0.15, -0.1) is 0 Å². The summed E-state index contributed by atoms with van der Waals surface area (Å²) in [5.41, 5.74) is 5.94. The van der Waals surface area contributed by atoms with E-state index in [9.17, 15) is 9.90 Å². The quantitative estimate of drug-likeness (QED) is 0.555. The molecule has 5 heteroatoms. The van der Waals surface area contributed by atoms with Crippen LogP contribution in [0.3, 0.4) is 0 Å². The molecule has 1 aliphatic heterocycles. The number of likely N-dealkylation sites (N-methyl/N-ethyl adjacent to an activating group) is 1. The number of benzene rings is 3. The lowest BCUT2D eigenvalue weighted by molar-refractivity contribution is -0.140. The van der Waals surface area contributed by atoms with Crippen LogP contribution in [-0.2, 0) is 21.7 Å². The van der Waals surface area contributed by atoms with Crippen molar-refractivity contribution >= 4 is 17.6 Å². The van der Waals surface area contributed by atoms with Gasteiger partial charge in [0.25, 0.3) is 0 Å². The predicted molar refractivity (Wildman–Crippen MR) is 123 cm³/mol. The monoisotopic (exact) mass is 435 g/mol. The molecule has 1 aliphatic rings. The van der Waals surface area contributed by atoms with Gasteiger partial charge in [0.1, 0.15) is 5.60 Å². The van der Waals surface area contributed by atoms with Gasteiger partial charge in [0.15, 0.2) is 0 Å². The van der Waals surface area contributed by atoms with Gasteiger partial charge in [-0.05, 0) is 72.5 Å². The molecule has 4 nitrogen and oxygen atoms in total. The maximum atomic E-state index is 11.4. The zero-order chi connectivity index (χ0) is 22.2. The van der Waals surface area contributed by atoms with Crippen LogP contribution in [0, 0.1) is 6.92 Å². The third-order valence-corrected chi connectivity index (χ3v) is 6.58. The summed E-state index contributed by atoms with van der Waals surface area (Å²) in [7, 11) is 1.82. The summed E-state index contributed by atoms with van der Waals surface area (Å²) in [4.78, 5) is 13.2. The number of hydrogen-bond donors (Lipinski definition) is 1. The van der Waals surface area contributed by atoms with Crippen LogP contribution >= 0.6 is 11.6 Å². The highest BCUT2D eigenvalue weighted by atomic mass is 35.5. The molecule has 0 saturated heterocycles. The Labute approximate surface area is 188 Å². The molecule has 4 rings (SSSR count). The maximum absolute atomic E-state index is 11.4. The van der Waals surface area contributed by atoms with Crippen molar-refractivity contribution in [3.8, 4) is 11.1 Å². The molecule has 0 spiro atoms. The summed E-state index contributed by atoms with van der Waals surface area (Å²) in [6, 6.07) is 22.2. The second-order valence-corrected chi connectivity index (χ2v) is 8.64. The molecule has 0 aromatic heterocycles. The number of aryl methyl sites for hydroxylation is 1. The average molecular weight is 436 g/mol. The van der Waals surface area contributed by atoms with Crippen molar-refractivity contribution in [3.05, 3.63) is 94.0 Å². The first kappa shape index (κ1) is 21.6. The summed E-state index contributed by atoms with van der Waals surface area (Å²) in [5, 5.41) is 10.0. The Morgan fingerprint density at radius 3 is 2.55 bits per heavy atom. The molecule has 0 radical (unpaired) electrons. The molecule has 160 valence electrons. The lowest BCUT2D eigenvalue weighted by Crippen LogP contribution is -2.49. The number of carbonyl (C=O) groups is 1. The zero-order valence-corrected chi connectivity index (χ0v) is 18.7. The van der Waals surface area contributed by atoms with E-state index in [4.69, 9.17) is 16.3 Å². The molecule has 31 heavy (non-hydrogen) atoms. The first-order chi connectivity index (χ1) is 14.8. The van der Waals surface area contributed by atoms with Gasteiger partial charge in [-0.1, -0.05) is 60.1 Å². The fourth-order valence-electron chi connectivity index (χ4n) is 4.59. The number of fused-ring (bicyclic) bond motifs is 1. The van der Waals surface area contributed by atoms with Crippen LogP contribution in [0.15, 0.2) is 66.7 Å². The van der Waals surface area contributed by atoms with E-state index in [0.717, 1.165) is 22.3 Å². The molecule has 3 aromatic rings. The summed E-state index contributed by atoms with van der Waals surface area (Å²) >= 11 is 6.15. The molecule has 0 aliphatic carbocycles. The van der Waals surface area contributed by atoms with Gasteiger partial charge >= 0.3 is 5.97 Å². The molecule has 3 aromatic carbocycles. The summed E-state index contributed by atoms with van der Waals surface area (Å²) < 4.78 is 6.54. The first-order valence-electron chi connectivity index (χ1n) is 10.3. The molecule has 2 atom stereocenters. The highest BCUT2D eigenvalue weighted by Crippen LogP contribution is 2.47. The molecule has 2 unspecified atom stereocenters. The Bertz CT molecular complexity index is 1110. The third-order valence-electron chi connectivity index (χ3n) is 6.32. The minimum absolute atomic E-state index is 0.0729. The van der Waals surface area contributed by atoms with E-state index in [1.54, 1.807) is 0 Å². The molecule has 1 heterocycles. The van der Waals surface area contributed by atoms with Gasteiger partial charge in [0.2, 0.25) is 0 Å². The molecule has 0 amide bonds. The van der Waals surface area contributed by atoms with Crippen LogP contribution in [0.2, 0.25) is 5.02 Å². The average Bonchev–Trinajstić information content (AvgIpc) is 3.13. The molecular formula is C26H26ClNO3. The SMILES string of the molecule is Cc1ccccc1-c1ccc2c(c1)COC2(c1ccc(Cl)cc1)C(C)N(C)CC(=O)O. The van der Waals surface area contributed by atoms with Gasteiger partial charge in [-0.25, -0.2) is 0 Å². The van der Waals surface area contributed by atoms with Crippen LogP contribution in [0.1, 0.15) is 29.2 Å². The normalized spacial score (nSPS) is 18.7. The summed E-state index contributed by atoms with van der Waals surface area (Å²) in [6.07, 6.45) is 0. The minimum Gasteiger partial charge on any atom is -0.480 e. The number of carboxylic acids is 1. The van der Waals surface area contributed by atoms with Crippen molar-refractivity contribution < 1.29 is 14.6 Å². The Hall–Kier alpha value is -2.66. The summed E-state index contributed by atoms with van der Waals surface area (Å²) in [6.45, 7) is 4.52. The zero-order valence-electron chi connectivity index (χ0n) is 17.9. The fourth-order valence-corrected chi connectivity index (χ4v) is 4.72. The van der Waals surface area contributed by atoms with Crippen LogP contribution in [-0.4, -0.2) is 35.6 Å². The van der Waals surface area contributed by atoms with Crippen molar-refractivity contribution in [2.24, 2.45) is 0 Å². The van der Waals surface area contributed by atoms with Crippen LogP contribution in [0.4, 0.5) is 0 Å². The smallest absolute Gasteiger partial charge is 0.317 e. The van der Waals surface area contributed by atoms with E-state index in [0.29, 0.717) is 11.6 Å². The third kappa shape index (κ3) is 3.87. The molecule has 0 fully saturated rings. The van der Waals surface area contributed by atoms with Crippen molar-refractivity contribution in [2.75, 3.05) is 13.6 Å².